The second-order valence-corrected chi connectivity index (χ2v) is 5.11. The first-order valence-corrected chi connectivity index (χ1v) is 7.53. The highest BCUT2D eigenvalue weighted by molar-refractivity contribution is 5.68. The van der Waals surface area contributed by atoms with Gasteiger partial charge in [-0.3, -0.25) is 4.79 Å². The van der Waals surface area contributed by atoms with Crippen LogP contribution in [0.3, 0.4) is 0 Å². The summed E-state index contributed by atoms with van der Waals surface area (Å²) in [7, 11) is 1.45. The summed E-state index contributed by atoms with van der Waals surface area (Å²) < 4.78 is 4.60. The normalized spacial score (nSPS) is 12.4. The summed E-state index contributed by atoms with van der Waals surface area (Å²) in [4.78, 5) is 10.9. The van der Waals surface area contributed by atoms with Crippen molar-refractivity contribution in [1.29, 1.82) is 0 Å². The number of esters is 1. The first-order valence-electron chi connectivity index (χ1n) is 7.53. The molecule has 1 unspecified atom stereocenters. The average molecular weight is 257 g/mol. The van der Waals surface area contributed by atoms with Crippen LogP contribution in [0.5, 0.6) is 0 Å². The van der Waals surface area contributed by atoms with Gasteiger partial charge in [0.05, 0.1) is 7.11 Å². The molecule has 3 heteroatoms. The van der Waals surface area contributed by atoms with Gasteiger partial charge >= 0.3 is 5.97 Å². The van der Waals surface area contributed by atoms with Crippen LogP contribution in [0.2, 0.25) is 0 Å². The molecular weight excluding hydrogens is 226 g/mol. The number of carbonyl (C=O) groups is 1. The highest BCUT2D eigenvalue weighted by atomic mass is 16.5. The summed E-state index contributed by atoms with van der Waals surface area (Å²) in [6.07, 6.45) is 12.7. The van der Waals surface area contributed by atoms with Crippen molar-refractivity contribution in [3.63, 3.8) is 0 Å². The van der Waals surface area contributed by atoms with Crippen molar-refractivity contribution in [2.45, 2.75) is 83.6 Å². The molecule has 0 saturated carbocycles. The van der Waals surface area contributed by atoms with E-state index >= 15 is 0 Å². The van der Waals surface area contributed by atoms with Crippen LogP contribution in [0.1, 0.15) is 77.6 Å². The molecule has 0 aromatic heterocycles. The molecule has 0 fully saturated rings. The Labute approximate surface area is 112 Å². The standard InChI is InChI=1S/C15H31NO2/c1-3-14(16)12-10-8-6-4-5-7-9-11-13-15(17)18-2/h14H,3-13,16H2,1-2H3. The van der Waals surface area contributed by atoms with Gasteiger partial charge < -0.3 is 10.5 Å². The number of hydrogen-bond donors (Lipinski definition) is 1. The highest BCUT2D eigenvalue weighted by Crippen LogP contribution is 2.11. The van der Waals surface area contributed by atoms with E-state index in [-0.39, 0.29) is 5.97 Å². The minimum absolute atomic E-state index is 0.0812. The Hall–Kier alpha value is -0.570. The third-order valence-corrected chi connectivity index (χ3v) is 3.46. The Morgan fingerprint density at radius 2 is 1.50 bits per heavy atom. The van der Waals surface area contributed by atoms with E-state index in [9.17, 15) is 4.79 Å². The van der Waals surface area contributed by atoms with E-state index < -0.39 is 0 Å². The van der Waals surface area contributed by atoms with Gasteiger partial charge in [0, 0.05) is 12.5 Å². The Bertz CT molecular complexity index is 195. The highest BCUT2D eigenvalue weighted by Gasteiger charge is 2.00. The van der Waals surface area contributed by atoms with Crippen molar-refractivity contribution in [3.8, 4) is 0 Å². The van der Waals surface area contributed by atoms with Crippen molar-refractivity contribution in [2.24, 2.45) is 5.73 Å². The molecule has 0 amide bonds. The van der Waals surface area contributed by atoms with Gasteiger partial charge in [0.25, 0.3) is 0 Å². The SMILES string of the molecule is CCC(N)CCCCCCCCCCC(=O)OC. The lowest BCUT2D eigenvalue weighted by atomic mass is 10.0. The molecule has 108 valence electrons. The molecule has 2 N–H and O–H groups in total. The van der Waals surface area contributed by atoms with E-state index in [1.165, 1.54) is 52.1 Å². The van der Waals surface area contributed by atoms with E-state index in [0.717, 1.165) is 19.3 Å². The third-order valence-electron chi connectivity index (χ3n) is 3.46. The van der Waals surface area contributed by atoms with Crippen LogP contribution in [0.25, 0.3) is 0 Å². The van der Waals surface area contributed by atoms with Crippen LogP contribution in [-0.4, -0.2) is 19.1 Å². The number of methoxy groups -OCH3 is 1. The van der Waals surface area contributed by atoms with Gasteiger partial charge in [0.2, 0.25) is 0 Å². The smallest absolute Gasteiger partial charge is 0.305 e. The number of carbonyl (C=O) groups excluding carboxylic acids is 1. The summed E-state index contributed by atoms with van der Waals surface area (Å²) in [5.74, 6) is -0.0812. The van der Waals surface area contributed by atoms with E-state index in [1.807, 2.05) is 0 Å². The van der Waals surface area contributed by atoms with Crippen LogP contribution in [0, 0.1) is 0 Å². The zero-order valence-electron chi connectivity index (χ0n) is 12.2. The summed E-state index contributed by atoms with van der Waals surface area (Å²) in [6, 6.07) is 0.406. The molecule has 0 spiro atoms. The number of ether oxygens (including phenoxy) is 1. The fourth-order valence-corrected chi connectivity index (χ4v) is 2.04. The van der Waals surface area contributed by atoms with E-state index in [4.69, 9.17) is 5.73 Å². The van der Waals surface area contributed by atoms with Gasteiger partial charge in [-0.2, -0.15) is 0 Å². The number of rotatable bonds is 12. The number of hydrogen-bond acceptors (Lipinski definition) is 3. The Balaban J connectivity index is 3.05. The van der Waals surface area contributed by atoms with Crippen molar-refractivity contribution in [2.75, 3.05) is 7.11 Å². The molecule has 0 aliphatic heterocycles. The average Bonchev–Trinajstić information content (AvgIpc) is 2.40. The topological polar surface area (TPSA) is 52.3 Å². The molecule has 0 aromatic rings. The predicted octanol–water partition coefficient (Wildman–Crippen LogP) is 3.80. The number of nitrogens with two attached hydrogens (primary N) is 1. The molecule has 0 radical (unpaired) electrons. The monoisotopic (exact) mass is 257 g/mol. The van der Waals surface area contributed by atoms with E-state index in [1.54, 1.807) is 0 Å². The van der Waals surface area contributed by atoms with Crippen molar-refractivity contribution < 1.29 is 9.53 Å². The predicted molar refractivity (Wildman–Crippen MR) is 76.5 cm³/mol. The Kier molecular flexibility index (Phi) is 12.5. The van der Waals surface area contributed by atoms with Crippen LogP contribution < -0.4 is 5.73 Å². The fraction of sp³-hybridized carbons (Fsp3) is 0.933. The summed E-state index contributed by atoms with van der Waals surface area (Å²) in [5, 5.41) is 0. The molecule has 0 aliphatic carbocycles. The quantitative estimate of drug-likeness (QED) is 0.427. The summed E-state index contributed by atoms with van der Waals surface area (Å²) >= 11 is 0. The molecule has 18 heavy (non-hydrogen) atoms. The maximum Gasteiger partial charge on any atom is 0.305 e. The lowest BCUT2D eigenvalue weighted by Gasteiger charge is -2.07. The fourth-order valence-electron chi connectivity index (χ4n) is 2.04. The van der Waals surface area contributed by atoms with Crippen molar-refractivity contribution >= 4 is 5.97 Å². The van der Waals surface area contributed by atoms with Gasteiger partial charge in [0.15, 0.2) is 0 Å². The molecule has 0 bridgehead atoms. The molecule has 0 saturated heterocycles. The van der Waals surface area contributed by atoms with Crippen LogP contribution in [0.15, 0.2) is 0 Å². The lowest BCUT2D eigenvalue weighted by molar-refractivity contribution is -0.140. The Morgan fingerprint density at radius 3 is 2.00 bits per heavy atom. The second kappa shape index (κ2) is 12.9. The molecule has 0 aromatic carbocycles. The lowest BCUT2D eigenvalue weighted by Crippen LogP contribution is -2.17. The van der Waals surface area contributed by atoms with Gasteiger partial charge in [-0.15, -0.1) is 0 Å². The van der Waals surface area contributed by atoms with Gasteiger partial charge in [-0.25, -0.2) is 0 Å². The first-order chi connectivity index (χ1) is 8.70. The molecular formula is C15H31NO2. The third kappa shape index (κ3) is 11.9. The Morgan fingerprint density at radius 1 is 1.00 bits per heavy atom. The summed E-state index contributed by atoms with van der Waals surface area (Å²) in [6.45, 7) is 2.15. The maximum absolute atomic E-state index is 10.9. The molecule has 0 rings (SSSR count). The van der Waals surface area contributed by atoms with Gasteiger partial charge in [-0.05, 0) is 19.3 Å². The second-order valence-electron chi connectivity index (χ2n) is 5.11. The van der Waals surface area contributed by atoms with Crippen LogP contribution in [0.4, 0.5) is 0 Å². The van der Waals surface area contributed by atoms with Crippen LogP contribution in [-0.2, 0) is 9.53 Å². The minimum atomic E-state index is -0.0812. The first kappa shape index (κ1) is 17.4. The van der Waals surface area contributed by atoms with Crippen molar-refractivity contribution in [1.82, 2.24) is 0 Å². The number of unbranched alkanes of at least 4 members (excludes halogenated alkanes) is 7. The summed E-state index contributed by atoms with van der Waals surface area (Å²) in [5.41, 5.74) is 5.87. The van der Waals surface area contributed by atoms with Crippen molar-refractivity contribution in [3.05, 3.63) is 0 Å². The van der Waals surface area contributed by atoms with Gasteiger partial charge in [0.1, 0.15) is 0 Å². The van der Waals surface area contributed by atoms with E-state index in [2.05, 4.69) is 11.7 Å². The van der Waals surface area contributed by atoms with Gasteiger partial charge in [-0.1, -0.05) is 51.9 Å². The van der Waals surface area contributed by atoms with Crippen LogP contribution >= 0.6 is 0 Å². The maximum atomic E-state index is 10.9. The molecule has 0 heterocycles. The zero-order chi connectivity index (χ0) is 13.6. The molecule has 0 aliphatic rings. The minimum Gasteiger partial charge on any atom is -0.469 e. The molecule has 1 atom stereocenters. The largest absolute Gasteiger partial charge is 0.469 e. The zero-order valence-corrected chi connectivity index (χ0v) is 12.2. The molecule has 3 nitrogen and oxygen atoms in total. The van der Waals surface area contributed by atoms with E-state index in [0.29, 0.717) is 12.5 Å².